The molecule has 0 aromatic carbocycles. The summed E-state index contributed by atoms with van der Waals surface area (Å²) in [5, 5.41) is 6.05. The molecule has 5 nitrogen and oxygen atoms in total. The monoisotopic (exact) mass is 278 g/mol. The normalized spacial score (nSPS) is 10.3. The van der Waals surface area contributed by atoms with Crippen molar-refractivity contribution in [3.05, 3.63) is 17.5 Å². The van der Waals surface area contributed by atoms with Crippen molar-refractivity contribution >= 4 is 11.9 Å². The van der Waals surface area contributed by atoms with Gasteiger partial charge in [0.25, 0.3) is 5.91 Å². The van der Waals surface area contributed by atoms with E-state index in [0.717, 1.165) is 44.3 Å². The van der Waals surface area contributed by atoms with E-state index in [1.807, 2.05) is 6.92 Å². The van der Waals surface area contributed by atoms with Crippen LogP contribution in [0.1, 0.15) is 62.1 Å². The number of hydrogen-bond acceptors (Lipinski definition) is 4. The van der Waals surface area contributed by atoms with Gasteiger partial charge in [0.2, 0.25) is 5.95 Å². The second-order valence-electron chi connectivity index (χ2n) is 4.96. The van der Waals surface area contributed by atoms with Crippen LogP contribution in [-0.4, -0.2) is 29.0 Å². The molecule has 1 amide bonds. The summed E-state index contributed by atoms with van der Waals surface area (Å²) in [6, 6.07) is 1.72. The average molecular weight is 278 g/mol. The van der Waals surface area contributed by atoms with Crippen molar-refractivity contribution in [2.45, 2.75) is 52.9 Å². The number of hydrogen-bond donors (Lipinski definition) is 2. The van der Waals surface area contributed by atoms with E-state index < -0.39 is 0 Å². The van der Waals surface area contributed by atoms with Crippen molar-refractivity contribution in [2.24, 2.45) is 0 Å². The molecule has 0 spiro atoms. The van der Waals surface area contributed by atoms with Gasteiger partial charge in [-0.2, -0.15) is 0 Å². The number of nitrogens with one attached hydrogen (secondary N) is 2. The van der Waals surface area contributed by atoms with Crippen molar-refractivity contribution in [2.75, 3.05) is 18.4 Å². The summed E-state index contributed by atoms with van der Waals surface area (Å²) in [6.45, 7) is 7.68. The molecular formula is C15H26N4O. The van der Waals surface area contributed by atoms with Crippen LogP contribution in [-0.2, 0) is 0 Å². The lowest BCUT2D eigenvalue weighted by Crippen LogP contribution is -2.26. The van der Waals surface area contributed by atoms with Crippen LogP contribution in [0, 0.1) is 6.92 Å². The van der Waals surface area contributed by atoms with Crippen molar-refractivity contribution < 1.29 is 4.79 Å². The lowest BCUT2D eigenvalue weighted by Gasteiger charge is -2.08. The van der Waals surface area contributed by atoms with Crippen LogP contribution in [0.25, 0.3) is 0 Å². The molecule has 0 fully saturated rings. The number of amides is 1. The standard InChI is InChI=1S/C15H26N4O/c1-4-6-8-10-16-14(20)13-11-12(3)18-15(19-13)17-9-7-5-2/h11H,4-10H2,1-3H3,(H,16,20)(H,17,18,19). The van der Waals surface area contributed by atoms with Gasteiger partial charge in [0.05, 0.1) is 0 Å². The maximum Gasteiger partial charge on any atom is 0.270 e. The molecule has 0 bridgehead atoms. The molecule has 0 aliphatic carbocycles. The van der Waals surface area contributed by atoms with E-state index in [2.05, 4.69) is 34.4 Å². The Morgan fingerprint density at radius 3 is 2.55 bits per heavy atom. The Labute approximate surface area is 121 Å². The topological polar surface area (TPSA) is 66.9 Å². The number of aryl methyl sites for hydroxylation is 1. The van der Waals surface area contributed by atoms with Gasteiger partial charge in [0.1, 0.15) is 5.69 Å². The molecule has 1 rings (SSSR count). The van der Waals surface area contributed by atoms with E-state index >= 15 is 0 Å². The highest BCUT2D eigenvalue weighted by Gasteiger charge is 2.09. The highest BCUT2D eigenvalue weighted by Crippen LogP contribution is 2.05. The maximum atomic E-state index is 12.0. The number of anilines is 1. The zero-order chi connectivity index (χ0) is 14.8. The van der Waals surface area contributed by atoms with Crippen molar-refractivity contribution in [1.29, 1.82) is 0 Å². The fourth-order valence-corrected chi connectivity index (χ4v) is 1.81. The minimum Gasteiger partial charge on any atom is -0.354 e. The third kappa shape index (κ3) is 5.99. The fraction of sp³-hybridized carbons (Fsp3) is 0.667. The molecule has 0 unspecified atom stereocenters. The number of rotatable bonds is 9. The van der Waals surface area contributed by atoms with Crippen LogP contribution in [0.2, 0.25) is 0 Å². The Bertz CT molecular complexity index is 420. The number of nitrogens with zero attached hydrogens (tertiary/aromatic N) is 2. The number of aromatic nitrogens is 2. The van der Waals surface area contributed by atoms with Gasteiger partial charge in [0, 0.05) is 18.8 Å². The summed E-state index contributed by atoms with van der Waals surface area (Å²) >= 11 is 0. The largest absolute Gasteiger partial charge is 0.354 e. The zero-order valence-electron chi connectivity index (χ0n) is 12.8. The quantitative estimate of drug-likeness (QED) is 0.682. The predicted octanol–water partition coefficient (Wildman–Crippen LogP) is 2.92. The van der Waals surface area contributed by atoms with E-state index in [9.17, 15) is 4.79 Å². The minimum atomic E-state index is -0.120. The first kappa shape index (κ1) is 16.4. The summed E-state index contributed by atoms with van der Waals surface area (Å²) < 4.78 is 0. The van der Waals surface area contributed by atoms with Crippen molar-refractivity contribution in [3.63, 3.8) is 0 Å². The number of unbranched alkanes of at least 4 members (excludes halogenated alkanes) is 3. The smallest absolute Gasteiger partial charge is 0.270 e. The van der Waals surface area contributed by atoms with Gasteiger partial charge < -0.3 is 10.6 Å². The summed E-state index contributed by atoms with van der Waals surface area (Å²) in [6.07, 6.45) is 5.47. The molecular weight excluding hydrogens is 252 g/mol. The highest BCUT2D eigenvalue weighted by atomic mass is 16.1. The molecule has 2 N–H and O–H groups in total. The van der Waals surface area contributed by atoms with E-state index in [4.69, 9.17) is 0 Å². The Kier molecular flexibility index (Phi) is 7.62. The first-order valence-corrected chi connectivity index (χ1v) is 7.55. The lowest BCUT2D eigenvalue weighted by molar-refractivity contribution is 0.0948. The molecule has 0 atom stereocenters. The second kappa shape index (κ2) is 9.28. The Balaban J connectivity index is 2.57. The molecule has 0 saturated heterocycles. The van der Waals surface area contributed by atoms with Gasteiger partial charge >= 0.3 is 0 Å². The van der Waals surface area contributed by atoms with Crippen LogP contribution in [0.3, 0.4) is 0 Å². The molecule has 112 valence electrons. The second-order valence-corrected chi connectivity index (χ2v) is 4.96. The fourth-order valence-electron chi connectivity index (χ4n) is 1.81. The maximum absolute atomic E-state index is 12.0. The summed E-state index contributed by atoms with van der Waals surface area (Å²) in [5.41, 5.74) is 1.24. The van der Waals surface area contributed by atoms with Crippen molar-refractivity contribution in [3.8, 4) is 0 Å². The number of carbonyl (C=O) groups is 1. The summed E-state index contributed by atoms with van der Waals surface area (Å²) in [4.78, 5) is 20.6. The SMILES string of the molecule is CCCCCNC(=O)c1cc(C)nc(NCCCC)n1. The van der Waals surface area contributed by atoms with Gasteiger partial charge in [-0.15, -0.1) is 0 Å². The van der Waals surface area contributed by atoms with E-state index in [-0.39, 0.29) is 5.91 Å². The first-order valence-electron chi connectivity index (χ1n) is 7.55. The van der Waals surface area contributed by atoms with Gasteiger partial charge in [-0.1, -0.05) is 33.1 Å². The predicted molar refractivity (Wildman–Crippen MR) is 82.0 cm³/mol. The Morgan fingerprint density at radius 2 is 1.85 bits per heavy atom. The van der Waals surface area contributed by atoms with Gasteiger partial charge in [-0.05, 0) is 25.8 Å². The third-order valence-electron chi connectivity index (χ3n) is 2.97. The molecule has 0 aliphatic rings. The van der Waals surface area contributed by atoms with Crippen LogP contribution in [0.4, 0.5) is 5.95 Å². The van der Waals surface area contributed by atoms with Gasteiger partial charge in [-0.3, -0.25) is 4.79 Å². The van der Waals surface area contributed by atoms with E-state index in [1.165, 1.54) is 0 Å². The zero-order valence-corrected chi connectivity index (χ0v) is 12.8. The molecule has 5 heteroatoms. The van der Waals surface area contributed by atoms with Crippen LogP contribution >= 0.6 is 0 Å². The summed E-state index contributed by atoms with van der Waals surface area (Å²) in [5.74, 6) is 0.419. The van der Waals surface area contributed by atoms with E-state index in [0.29, 0.717) is 18.2 Å². The molecule has 0 aliphatic heterocycles. The average Bonchev–Trinajstić information content (AvgIpc) is 2.43. The summed E-state index contributed by atoms with van der Waals surface area (Å²) in [7, 11) is 0. The first-order chi connectivity index (χ1) is 9.67. The third-order valence-corrected chi connectivity index (χ3v) is 2.97. The Hall–Kier alpha value is -1.65. The van der Waals surface area contributed by atoms with Crippen molar-refractivity contribution in [1.82, 2.24) is 15.3 Å². The molecule has 1 aromatic heterocycles. The highest BCUT2D eigenvalue weighted by molar-refractivity contribution is 5.92. The molecule has 20 heavy (non-hydrogen) atoms. The molecule has 1 heterocycles. The molecule has 0 saturated carbocycles. The van der Waals surface area contributed by atoms with Crippen LogP contribution in [0.5, 0.6) is 0 Å². The molecule has 0 radical (unpaired) electrons. The lowest BCUT2D eigenvalue weighted by atomic mass is 10.2. The van der Waals surface area contributed by atoms with Gasteiger partial charge in [0.15, 0.2) is 0 Å². The Morgan fingerprint density at radius 1 is 1.10 bits per heavy atom. The van der Waals surface area contributed by atoms with Crippen LogP contribution < -0.4 is 10.6 Å². The van der Waals surface area contributed by atoms with E-state index in [1.54, 1.807) is 6.07 Å². The number of carbonyl (C=O) groups excluding carboxylic acids is 1. The van der Waals surface area contributed by atoms with Gasteiger partial charge in [-0.25, -0.2) is 9.97 Å². The van der Waals surface area contributed by atoms with Crippen LogP contribution in [0.15, 0.2) is 6.07 Å². The molecule has 1 aromatic rings. The minimum absolute atomic E-state index is 0.120.